The van der Waals surface area contributed by atoms with Crippen LogP contribution in [0.2, 0.25) is 0 Å². The SMILES string of the molecule is CCO/C(=C/c1sc2ccc(OC)cc2[n+]1CCCS(=O)(=O)O)CC. The molecule has 0 radical (unpaired) electrons. The summed E-state index contributed by atoms with van der Waals surface area (Å²) >= 11 is 1.61. The van der Waals surface area contributed by atoms with E-state index in [0.29, 0.717) is 19.6 Å². The number of hydrogen-bond acceptors (Lipinski definition) is 5. The molecule has 0 amide bonds. The molecule has 0 atom stereocenters. The van der Waals surface area contributed by atoms with Gasteiger partial charge in [-0.15, -0.1) is 0 Å². The standard InChI is InChI=1S/C17H23NO5S2/c1-4-13(23-5-2)12-17-18(9-6-10-25(19,20)21)15-11-14(22-3)7-8-16(15)24-17/h7-8,11-12H,4-6,9-10H2,1-3H3/p+1/b13-12+. The van der Waals surface area contributed by atoms with Crippen molar-refractivity contribution in [3.05, 3.63) is 29.0 Å². The third kappa shape index (κ3) is 5.42. The summed E-state index contributed by atoms with van der Waals surface area (Å²) in [5.41, 5.74) is 0.970. The maximum absolute atomic E-state index is 11.0. The molecule has 1 N–H and O–H groups in total. The highest BCUT2D eigenvalue weighted by Gasteiger charge is 2.21. The second-order valence-electron chi connectivity index (χ2n) is 5.46. The second-order valence-corrected chi connectivity index (χ2v) is 8.10. The molecule has 2 rings (SSSR count). The van der Waals surface area contributed by atoms with E-state index in [1.807, 2.05) is 42.7 Å². The van der Waals surface area contributed by atoms with Gasteiger partial charge in [0.25, 0.3) is 15.1 Å². The number of aromatic nitrogens is 1. The number of ether oxygens (including phenoxy) is 2. The van der Waals surface area contributed by atoms with Gasteiger partial charge in [0.2, 0.25) is 5.52 Å². The average Bonchev–Trinajstić information content (AvgIpc) is 2.90. The molecule has 0 spiro atoms. The van der Waals surface area contributed by atoms with E-state index in [1.54, 1.807) is 18.4 Å². The van der Waals surface area contributed by atoms with E-state index in [4.69, 9.17) is 14.0 Å². The van der Waals surface area contributed by atoms with Crippen LogP contribution in [-0.4, -0.2) is 32.4 Å². The Kier molecular flexibility index (Phi) is 6.80. The Balaban J connectivity index is 2.45. The van der Waals surface area contributed by atoms with Crippen molar-refractivity contribution in [3.8, 4) is 5.75 Å². The Labute approximate surface area is 152 Å². The highest BCUT2D eigenvalue weighted by molar-refractivity contribution is 7.85. The van der Waals surface area contributed by atoms with Crippen LogP contribution in [0.5, 0.6) is 5.75 Å². The van der Waals surface area contributed by atoms with Crippen LogP contribution in [0.15, 0.2) is 24.0 Å². The molecule has 25 heavy (non-hydrogen) atoms. The van der Waals surface area contributed by atoms with Gasteiger partial charge in [0.05, 0.1) is 31.6 Å². The number of fused-ring (bicyclic) bond motifs is 1. The van der Waals surface area contributed by atoms with Crippen LogP contribution in [0.25, 0.3) is 16.3 Å². The highest BCUT2D eigenvalue weighted by Crippen LogP contribution is 2.26. The van der Waals surface area contributed by atoms with Gasteiger partial charge >= 0.3 is 0 Å². The topological polar surface area (TPSA) is 76.7 Å². The van der Waals surface area contributed by atoms with Crippen LogP contribution in [0.1, 0.15) is 31.7 Å². The minimum absolute atomic E-state index is 0.267. The molecule has 138 valence electrons. The van der Waals surface area contributed by atoms with Gasteiger partial charge < -0.3 is 9.47 Å². The van der Waals surface area contributed by atoms with Gasteiger partial charge in [-0.2, -0.15) is 13.0 Å². The molecule has 1 aromatic carbocycles. The zero-order valence-corrected chi connectivity index (χ0v) is 16.3. The van der Waals surface area contributed by atoms with Gasteiger partial charge in [0.15, 0.2) is 6.54 Å². The molecule has 8 heteroatoms. The van der Waals surface area contributed by atoms with Gasteiger partial charge in [-0.05, 0) is 19.1 Å². The lowest BCUT2D eigenvalue weighted by molar-refractivity contribution is -0.668. The van der Waals surface area contributed by atoms with E-state index < -0.39 is 10.1 Å². The first-order valence-corrected chi connectivity index (χ1v) is 10.6. The lowest BCUT2D eigenvalue weighted by Gasteiger charge is -2.04. The predicted octanol–water partition coefficient (Wildman–Crippen LogP) is 3.26. The molecule has 2 aromatic rings. The van der Waals surface area contributed by atoms with Gasteiger partial charge in [0, 0.05) is 12.8 Å². The molecule has 0 saturated carbocycles. The monoisotopic (exact) mass is 386 g/mol. The van der Waals surface area contributed by atoms with E-state index in [0.717, 1.165) is 33.2 Å². The molecule has 0 aliphatic heterocycles. The van der Waals surface area contributed by atoms with Gasteiger partial charge in [0.1, 0.15) is 16.2 Å². The van der Waals surface area contributed by atoms with Crippen LogP contribution >= 0.6 is 11.3 Å². The maximum Gasteiger partial charge on any atom is 0.266 e. The van der Waals surface area contributed by atoms with Crippen molar-refractivity contribution in [3.63, 3.8) is 0 Å². The summed E-state index contributed by atoms with van der Waals surface area (Å²) in [6.07, 6.45) is 3.09. The fourth-order valence-corrected chi connectivity index (χ4v) is 4.14. The van der Waals surface area contributed by atoms with E-state index >= 15 is 0 Å². The maximum atomic E-state index is 11.0. The molecule has 0 aliphatic carbocycles. The fourth-order valence-electron chi connectivity index (χ4n) is 2.52. The van der Waals surface area contributed by atoms with Crippen molar-refractivity contribution in [2.24, 2.45) is 0 Å². The van der Waals surface area contributed by atoms with E-state index in [-0.39, 0.29) is 5.75 Å². The third-order valence-corrected chi connectivity index (χ3v) is 5.60. The summed E-state index contributed by atoms with van der Waals surface area (Å²) < 4.78 is 45.1. The Hall–Kier alpha value is -1.64. The Morgan fingerprint density at radius 3 is 2.72 bits per heavy atom. The number of nitrogens with zero attached hydrogens (tertiary/aromatic N) is 1. The predicted molar refractivity (Wildman–Crippen MR) is 99.5 cm³/mol. The summed E-state index contributed by atoms with van der Waals surface area (Å²) in [4.78, 5) is 0. The van der Waals surface area contributed by atoms with Crippen molar-refractivity contribution in [2.75, 3.05) is 19.5 Å². The summed E-state index contributed by atoms with van der Waals surface area (Å²) in [6, 6.07) is 5.82. The van der Waals surface area contributed by atoms with Crippen molar-refractivity contribution in [1.29, 1.82) is 0 Å². The van der Waals surface area contributed by atoms with E-state index in [2.05, 4.69) is 0 Å². The number of hydrogen-bond donors (Lipinski definition) is 1. The number of methoxy groups -OCH3 is 1. The number of benzene rings is 1. The van der Waals surface area contributed by atoms with Crippen LogP contribution < -0.4 is 9.30 Å². The smallest absolute Gasteiger partial charge is 0.266 e. The van der Waals surface area contributed by atoms with Gasteiger partial charge in [-0.3, -0.25) is 4.55 Å². The van der Waals surface area contributed by atoms with E-state index in [9.17, 15) is 8.42 Å². The minimum atomic E-state index is -3.97. The van der Waals surface area contributed by atoms with Gasteiger partial charge in [-0.1, -0.05) is 18.3 Å². The summed E-state index contributed by atoms with van der Waals surface area (Å²) in [5, 5.41) is 0.976. The molecule has 0 fully saturated rings. The highest BCUT2D eigenvalue weighted by atomic mass is 32.2. The molecule has 0 bridgehead atoms. The molecule has 0 saturated heterocycles. The quantitative estimate of drug-likeness (QED) is 0.407. The number of allylic oxidation sites excluding steroid dienone is 1. The largest absolute Gasteiger partial charge is 0.498 e. The Bertz CT molecular complexity index is 855. The van der Waals surface area contributed by atoms with Crippen molar-refractivity contribution in [2.45, 2.75) is 33.2 Å². The zero-order chi connectivity index (χ0) is 18.4. The first-order chi connectivity index (χ1) is 11.9. The molecule has 0 unspecified atom stereocenters. The normalized spacial score (nSPS) is 12.6. The molecule has 6 nitrogen and oxygen atoms in total. The van der Waals surface area contributed by atoms with Crippen molar-refractivity contribution < 1.29 is 27.0 Å². The lowest BCUT2D eigenvalue weighted by atomic mass is 10.3. The Morgan fingerprint density at radius 2 is 2.12 bits per heavy atom. The molecule has 0 aliphatic rings. The Morgan fingerprint density at radius 1 is 1.36 bits per heavy atom. The third-order valence-electron chi connectivity index (χ3n) is 3.68. The first kappa shape index (κ1) is 19.7. The molecule has 1 heterocycles. The average molecular weight is 387 g/mol. The van der Waals surface area contributed by atoms with Crippen LogP contribution in [0.3, 0.4) is 0 Å². The first-order valence-electron chi connectivity index (χ1n) is 8.16. The number of thiazole rings is 1. The number of rotatable bonds is 9. The second kappa shape index (κ2) is 8.64. The van der Waals surface area contributed by atoms with E-state index in [1.165, 1.54) is 0 Å². The summed E-state index contributed by atoms with van der Waals surface area (Å²) in [5.74, 6) is 1.35. The zero-order valence-electron chi connectivity index (χ0n) is 14.7. The molecular formula is C17H24NO5S2+. The van der Waals surface area contributed by atoms with Crippen molar-refractivity contribution >= 4 is 37.7 Å². The lowest BCUT2D eigenvalue weighted by Crippen LogP contribution is -2.36. The fraction of sp³-hybridized carbons (Fsp3) is 0.471. The van der Waals surface area contributed by atoms with Crippen molar-refractivity contribution in [1.82, 2.24) is 0 Å². The van der Waals surface area contributed by atoms with Gasteiger partial charge in [-0.25, -0.2) is 0 Å². The van der Waals surface area contributed by atoms with Crippen LogP contribution in [-0.2, 0) is 21.4 Å². The summed E-state index contributed by atoms with van der Waals surface area (Å²) in [7, 11) is -2.35. The van der Waals surface area contributed by atoms with Crippen LogP contribution in [0.4, 0.5) is 0 Å². The minimum Gasteiger partial charge on any atom is -0.498 e. The molecular weight excluding hydrogens is 362 g/mol. The molecule has 1 aromatic heterocycles. The summed E-state index contributed by atoms with van der Waals surface area (Å²) in [6.45, 7) is 5.04. The number of aryl methyl sites for hydroxylation is 1. The van der Waals surface area contributed by atoms with Crippen LogP contribution in [0, 0.1) is 0 Å².